The second-order valence-electron chi connectivity index (χ2n) is 6.40. The molecule has 4 rings (SSSR count). The van der Waals surface area contributed by atoms with Crippen molar-refractivity contribution in [3.05, 3.63) is 71.5 Å². The molecule has 0 saturated heterocycles. The van der Waals surface area contributed by atoms with Crippen molar-refractivity contribution < 1.29 is 9.53 Å². The molecule has 0 unspecified atom stereocenters. The lowest BCUT2D eigenvalue weighted by Gasteiger charge is -2.09. The van der Waals surface area contributed by atoms with E-state index in [1.165, 1.54) is 16.3 Å². The number of carbonyl (C=O) groups is 1. The number of hydrogen-bond acceptors (Lipinski definition) is 6. The van der Waals surface area contributed by atoms with E-state index in [2.05, 4.69) is 22.1 Å². The van der Waals surface area contributed by atoms with Crippen LogP contribution in [0.5, 0.6) is 5.75 Å². The molecule has 4 aromatic rings. The lowest BCUT2D eigenvalue weighted by Crippen LogP contribution is -2.22. The van der Waals surface area contributed by atoms with Gasteiger partial charge in [-0.2, -0.15) is 0 Å². The molecule has 0 aliphatic rings. The van der Waals surface area contributed by atoms with E-state index in [0.717, 1.165) is 5.75 Å². The predicted octanol–water partition coefficient (Wildman–Crippen LogP) is 2.97. The summed E-state index contributed by atoms with van der Waals surface area (Å²) in [7, 11) is 1.59. The minimum atomic E-state index is -0.175. The van der Waals surface area contributed by atoms with Crippen LogP contribution in [0, 0.1) is 0 Å². The van der Waals surface area contributed by atoms with Crippen LogP contribution in [0.3, 0.4) is 0 Å². The van der Waals surface area contributed by atoms with Crippen LogP contribution < -0.4 is 15.6 Å². The number of hydrogen-bond donors (Lipinski definition) is 1. The van der Waals surface area contributed by atoms with Crippen LogP contribution in [0.2, 0.25) is 0 Å². The number of amides is 1. The van der Waals surface area contributed by atoms with Crippen molar-refractivity contribution in [2.45, 2.75) is 11.7 Å². The van der Waals surface area contributed by atoms with Crippen LogP contribution >= 0.6 is 11.8 Å². The Morgan fingerprint density at radius 3 is 2.70 bits per heavy atom. The Morgan fingerprint density at radius 2 is 1.97 bits per heavy atom. The van der Waals surface area contributed by atoms with Gasteiger partial charge in [-0.15, -0.1) is 16.8 Å². The van der Waals surface area contributed by atoms with Crippen LogP contribution in [-0.2, 0) is 11.3 Å². The number of para-hydroxylation sites is 1. The van der Waals surface area contributed by atoms with Gasteiger partial charge in [0, 0.05) is 12.2 Å². The molecular formula is C21H19N5O3S. The van der Waals surface area contributed by atoms with E-state index in [4.69, 9.17) is 4.74 Å². The van der Waals surface area contributed by atoms with E-state index >= 15 is 0 Å². The summed E-state index contributed by atoms with van der Waals surface area (Å²) in [6.07, 6.45) is 1.64. The number of rotatable bonds is 7. The van der Waals surface area contributed by atoms with Crippen LogP contribution in [0.15, 0.2) is 71.1 Å². The summed E-state index contributed by atoms with van der Waals surface area (Å²) in [5.41, 5.74) is 1.22. The van der Waals surface area contributed by atoms with Crippen molar-refractivity contribution >= 4 is 40.0 Å². The molecular weight excluding hydrogens is 402 g/mol. The van der Waals surface area contributed by atoms with Crippen LogP contribution in [0.25, 0.3) is 16.7 Å². The molecule has 30 heavy (non-hydrogen) atoms. The van der Waals surface area contributed by atoms with Crippen LogP contribution in [-0.4, -0.2) is 37.9 Å². The van der Waals surface area contributed by atoms with Gasteiger partial charge in [0.15, 0.2) is 5.16 Å². The molecule has 0 fully saturated rings. The fraction of sp³-hybridized carbons (Fsp3) is 0.143. The smallest absolute Gasteiger partial charge is 0.263 e. The molecule has 0 bridgehead atoms. The Hall–Kier alpha value is -3.59. The van der Waals surface area contributed by atoms with Gasteiger partial charge < -0.3 is 10.1 Å². The van der Waals surface area contributed by atoms with E-state index < -0.39 is 0 Å². The highest BCUT2D eigenvalue weighted by Gasteiger charge is 2.17. The third-order valence-electron chi connectivity index (χ3n) is 4.50. The van der Waals surface area contributed by atoms with Gasteiger partial charge in [-0.05, 0) is 36.4 Å². The SMILES string of the molecule is C=CCn1c(=O)c2ccccc2n2c(SCC(=O)Nc3ccc(OC)cc3)nnc12. The predicted molar refractivity (Wildman–Crippen MR) is 117 cm³/mol. The Bertz CT molecular complexity index is 1290. The summed E-state index contributed by atoms with van der Waals surface area (Å²) in [6.45, 7) is 4.03. The Labute approximate surface area is 176 Å². The zero-order valence-corrected chi connectivity index (χ0v) is 17.1. The first-order valence-corrected chi connectivity index (χ1v) is 10.1. The van der Waals surface area contributed by atoms with Crippen molar-refractivity contribution in [3.8, 4) is 5.75 Å². The zero-order chi connectivity index (χ0) is 21.1. The number of thioether (sulfide) groups is 1. The lowest BCUT2D eigenvalue weighted by molar-refractivity contribution is -0.113. The minimum Gasteiger partial charge on any atom is -0.497 e. The Kier molecular flexibility index (Phi) is 5.53. The first-order valence-electron chi connectivity index (χ1n) is 9.16. The molecule has 152 valence electrons. The molecule has 0 aliphatic carbocycles. The van der Waals surface area contributed by atoms with Crippen LogP contribution in [0.1, 0.15) is 0 Å². The topological polar surface area (TPSA) is 90.5 Å². The number of allylic oxidation sites excluding steroid dienone is 1. The molecule has 2 aromatic heterocycles. The van der Waals surface area contributed by atoms with E-state index in [0.29, 0.717) is 34.1 Å². The van der Waals surface area contributed by atoms with Crippen molar-refractivity contribution in [1.82, 2.24) is 19.2 Å². The highest BCUT2D eigenvalue weighted by atomic mass is 32.2. The molecule has 1 amide bonds. The van der Waals surface area contributed by atoms with Gasteiger partial charge in [0.2, 0.25) is 11.7 Å². The van der Waals surface area contributed by atoms with Crippen LogP contribution in [0.4, 0.5) is 5.69 Å². The molecule has 2 heterocycles. The van der Waals surface area contributed by atoms with Gasteiger partial charge in [-0.1, -0.05) is 30.0 Å². The normalized spacial score (nSPS) is 11.0. The molecule has 0 saturated carbocycles. The molecule has 0 atom stereocenters. The monoisotopic (exact) mass is 421 g/mol. The quantitative estimate of drug-likeness (QED) is 0.364. The maximum Gasteiger partial charge on any atom is 0.263 e. The largest absolute Gasteiger partial charge is 0.497 e. The summed E-state index contributed by atoms with van der Waals surface area (Å²) in [5, 5.41) is 12.3. The van der Waals surface area contributed by atoms with Crippen molar-refractivity contribution in [1.29, 1.82) is 0 Å². The average Bonchev–Trinajstić information content (AvgIpc) is 3.20. The van der Waals surface area contributed by atoms with E-state index in [1.54, 1.807) is 47.9 Å². The summed E-state index contributed by atoms with van der Waals surface area (Å²) in [4.78, 5) is 25.2. The summed E-state index contributed by atoms with van der Waals surface area (Å²) in [5.74, 6) is 1.10. The fourth-order valence-corrected chi connectivity index (χ4v) is 3.86. The van der Waals surface area contributed by atoms with Crippen molar-refractivity contribution in [3.63, 3.8) is 0 Å². The van der Waals surface area contributed by atoms with Crippen molar-refractivity contribution in [2.24, 2.45) is 0 Å². The zero-order valence-electron chi connectivity index (χ0n) is 16.2. The maximum atomic E-state index is 12.8. The standard InChI is InChI=1S/C21H19N5O3S/c1-3-12-25-19(28)16-6-4-5-7-17(16)26-20(25)23-24-21(26)30-13-18(27)22-14-8-10-15(29-2)11-9-14/h3-11H,1,12-13H2,2H3,(H,22,27). The number of ether oxygens (including phenoxy) is 1. The molecule has 2 aromatic carbocycles. The van der Waals surface area contributed by atoms with Gasteiger partial charge >= 0.3 is 0 Å². The first-order chi connectivity index (χ1) is 14.6. The number of methoxy groups -OCH3 is 1. The lowest BCUT2D eigenvalue weighted by atomic mass is 10.2. The molecule has 0 aliphatic heterocycles. The number of nitrogens with zero attached hydrogens (tertiary/aromatic N) is 4. The number of nitrogens with one attached hydrogen (secondary N) is 1. The molecule has 0 spiro atoms. The van der Waals surface area contributed by atoms with E-state index in [-0.39, 0.29) is 17.2 Å². The summed E-state index contributed by atoms with van der Waals surface area (Å²) in [6, 6.07) is 14.4. The molecule has 0 radical (unpaired) electrons. The van der Waals surface area contributed by atoms with Gasteiger partial charge in [0.05, 0.1) is 23.8 Å². The number of carbonyl (C=O) groups excluding carboxylic acids is 1. The fourth-order valence-electron chi connectivity index (χ4n) is 3.12. The molecule has 8 nitrogen and oxygen atoms in total. The Morgan fingerprint density at radius 1 is 1.20 bits per heavy atom. The van der Waals surface area contributed by atoms with Gasteiger partial charge in [0.25, 0.3) is 5.56 Å². The molecule has 1 N–H and O–H groups in total. The summed E-state index contributed by atoms with van der Waals surface area (Å²) < 4.78 is 8.43. The van der Waals surface area contributed by atoms with E-state index in [9.17, 15) is 9.59 Å². The Balaban J connectivity index is 1.62. The number of fused-ring (bicyclic) bond motifs is 3. The second kappa shape index (κ2) is 8.42. The average molecular weight is 421 g/mol. The number of benzene rings is 2. The van der Waals surface area contributed by atoms with Gasteiger partial charge in [-0.3, -0.25) is 18.6 Å². The highest BCUT2D eigenvalue weighted by molar-refractivity contribution is 7.99. The summed E-state index contributed by atoms with van der Waals surface area (Å²) >= 11 is 1.25. The van der Waals surface area contributed by atoms with Gasteiger partial charge in [0.1, 0.15) is 5.75 Å². The van der Waals surface area contributed by atoms with E-state index in [1.807, 2.05) is 18.2 Å². The first kappa shape index (κ1) is 19.7. The number of anilines is 1. The minimum absolute atomic E-state index is 0.141. The number of aromatic nitrogens is 4. The third-order valence-corrected chi connectivity index (χ3v) is 5.42. The van der Waals surface area contributed by atoms with Crippen molar-refractivity contribution in [2.75, 3.05) is 18.2 Å². The molecule has 9 heteroatoms. The maximum absolute atomic E-state index is 12.8. The highest BCUT2D eigenvalue weighted by Crippen LogP contribution is 2.22. The second-order valence-corrected chi connectivity index (χ2v) is 7.35. The third kappa shape index (κ3) is 3.67. The van der Waals surface area contributed by atoms with Gasteiger partial charge in [-0.25, -0.2) is 0 Å².